The Hall–Kier alpha value is -3.26. The second kappa shape index (κ2) is 9.04. The molecule has 0 atom stereocenters. The molecular formula is C22H21FN4O2S. The van der Waals surface area contributed by atoms with Crippen LogP contribution in [-0.2, 0) is 11.2 Å². The third kappa shape index (κ3) is 4.65. The summed E-state index contributed by atoms with van der Waals surface area (Å²) in [5.41, 5.74) is 1.78. The molecule has 1 N–H and O–H groups in total. The minimum Gasteiger partial charge on any atom is -0.366 e. The van der Waals surface area contributed by atoms with Gasteiger partial charge in [-0.1, -0.05) is 42.5 Å². The van der Waals surface area contributed by atoms with Gasteiger partial charge >= 0.3 is 0 Å². The van der Waals surface area contributed by atoms with Crippen LogP contribution in [0.5, 0.6) is 0 Å². The third-order valence-corrected chi connectivity index (χ3v) is 5.69. The quantitative estimate of drug-likeness (QED) is 0.682. The van der Waals surface area contributed by atoms with E-state index in [9.17, 15) is 14.0 Å². The first-order valence-corrected chi connectivity index (χ1v) is 10.6. The Labute approximate surface area is 178 Å². The normalized spacial score (nSPS) is 13.9. The highest BCUT2D eigenvalue weighted by atomic mass is 32.1. The van der Waals surface area contributed by atoms with Gasteiger partial charge in [0.25, 0.3) is 5.91 Å². The van der Waals surface area contributed by atoms with Crippen LogP contribution in [0.3, 0.4) is 0 Å². The zero-order chi connectivity index (χ0) is 20.9. The molecule has 1 fully saturated rings. The summed E-state index contributed by atoms with van der Waals surface area (Å²) < 4.78 is 14.0. The maximum atomic E-state index is 14.0. The van der Waals surface area contributed by atoms with Gasteiger partial charge < -0.3 is 15.1 Å². The van der Waals surface area contributed by atoms with Gasteiger partial charge in [-0.15, -0.1) is 11.3 Å². The molecule has 2 amide bonds. The van der Waals surface area contributed by atoms with E-state index in [4.69, 9.17) is 0 Å². The van der Waals surface area contributed by atoms with Crippen molar-refractivity contribution in [3.63, 3.8) is 0 Å². The van der Waals surface area contributed by atoms with E-state index in [0.29, 0.717) is 42.7 Å². The zero-order valence-corrected chi connectivity index (χ0v) is 17.1. The number of para-hydroxylation sites is 1. The van der Waals surface area contributed by atoms with Gasteiger partial charge in [-0.05, 0) is 17.7 Å². The number of aromatic nitrogens is 1. The molecule has 4 rings (SSSR count). The molecule has 2 heterocycles. The van der Waals surface area contributed by atoms with Crippen LogP contribution in [0.2, 0.25) is 0 Å². The number of halogens is 1. The first kappa shape index (κ1) is 20.0. The molecule has 1 saturated heterocycles. The Balaban J connectivity index is 1.32. The second-order valence-corrected chi connectivity index (χ2v) is 7.84. The number of nitrogens with zero attached hydrogens (tertiary/aromatic N) is 3. The number of rotatable bonds is 5. The predicted molar refractivity (Wildman–Crippen MR) is 115 cm³/mol. The number of amides is 2. The fourth-order valence-electron chi connectivity index (χ4n) is 3.39. The molecule has 0 aliphatic carbocycles. The Kier molecular flexibility index (Phi) is 6.04. The van der Waals surface area contributed by atoms with Crippen LogP contribution in [0.15, 0.2) is 60.0 Å². The molecule has 154 valence electrons. The first-order valence-electron chi connectivity index (χ1n) is 9.68. The van der Waals surface area contributed by atoms with Gasteiger partial charge in [0.1, 0.15) is 11.5 Å². The Morgan fingerprint density at radius 1 is 1.00 bits per heavy atom. The lowest BCUT2D eigenvalue weighted by Gasteiger charge is -2.35. The van der Waals surface area contributed by atoms with E-state index in [1.54, 1.807) is 28.5 Å². The first-order chi connectivity index (χ1) is 14.6. The molecule has 0 radical (unpaired) electrons. The summed E-state index contributed by atoms with van der Waals surface area (Å²) in [5.74, 6) is -0.608. The van der Waals surface area contributed by atoms with Crippen molar-refractivity contribution in [2.24, 2.45) is 0 Å². The molecule has 1 aliphatic heterocycles. The van der Waals surface area contributed by atoms with E-state index in [0.717, 1.165) is 5.56 Å². The summed E-state index contributed by atoms with van der Waals surface area (Å²) in [6, 6.07) is 16.1. The number of hydrogen-bond donors (Lipinski definition) is 1. The maximum Gasteiger partial charge on any atom is 0.273 e. The van der Waals surface area contributed by atoms with Crippen molar-refractivity contribution in [3.05, 3.63) is 77.1 Å². The van der Waals surface area contributed by atoms with E-state index in [2.05, 4.69) is 10.3 Å². The zero-order valence-electron chi connectivity index (χ0n) is 16.3. The maximum absolute atomic E-state index is 14.0. The minimum atomic E-state index is -0.257. The van der Waals surface area contributed by atoms with E-state index in [1.165, 1.54) is 17.4 Å². The number of benzene rings is 2. The number of hydrogen-bond acceptors (Lipinski definition) is 5. The number of nitrogens with one attached hydrogen (secondary N) is 1. The molecule has 0 saturated carbocycles. The molecule has 0 unspecified atom stereocenters. The summed E-state index contributed by atoms with van der Waals surface area (Å²) in [7, 11) is 0. The number of anilines is 2. The van der Waals surface area contributed by atoms with E-state index in [-0.39, 0.29) is 24.1 Å². The molecule has 2 aromatic carbocycles. The van der Waals surface area contributed by atoms with Crippen molar-refractivity contribution < 1.29 is 14.0 Å². The summed E-state index contributed by atoms with van der Waals surface area (Å²) >= 11 is 1.23. The van der Waals surface area contributed by atoms with E-state index >= 15 is 0 Å². The molecule has 1 aromatic heterocycles. The highest BCUT2D eigenvalue weighted by Crippen LogP contribution is 2.22. The molecular weight excluding hydrogens is 403 g/mol. The van der Waals surface area contributed by atoms with Gasteiger partial charge in [0, 0.05) is 31.6 Å². The van der Waals surface area contributed by atoms with E-state index in [1.807, 2.05) is 35.2 Å². The monoisotopic (exact) mass is 424 g/mol. The molecule has 0 spiro atoms. The molecule has 3 aromatic rings. The lowest BCUT2D eigenvalue weighted by atomic mass is 10.1. The molecule has 6 nitrogen and oxygen atoms in total. The number of carbonyl (C=O) groups is 2. The smallest absolute Gasteiger partial charge is 0.273 e. The van der Waals surface area contributed by atoms with Gasteiger partial charge in [0.05, 0.1) is 12.1 Å². The Bertz CT molecular complexity index is 1030. The second-order valence-electron chi connectivity index (χ2n) is 6.98. The van der Waals surface area contributed by atoms with Crippen molar-refractivity contribution in [1.82, 2.24) is 9.88 Å². The highest BCUT2D eigenvalue weighted by Gasteiger charge is 2.25. The van der Waals surface area contributed by atoms with Crippen LogP contribution in [0.25, 0.3) is 0 Å². The summed E-state index contributed by atoms with van der Waals surface area (Å²) in [5, 5.41) is 4.81. The molecule has 0 bridgehead atoms. The van der Waals surface area contributed by atoms with Gasteiger partial charge in [-0.3, -0.25) is 9.59 Å². The Morgan fingerprint density at radius 2 is 1.70 bits per heavy atom. The number of carbonyl (C=O) groups excluding carboxylic acids is 2. The highest BCUT2D eigenvalue weighted by molar-refractivity contribution is 7.14. The van der Waals surface area contributed by atoms with Crippen LogP contribution in [0, 0.1) is 5.82 Å². The van der Waals surface area contributed by atoms with Crippen LogP contribution in [0.4, 0.5) is 15.2 Å². The Morgan fingerprint density at radius 3 is 2.43 bits per heavy atom. The summed E-state index contributed by atoms with van der Waals surface area (Å²) in [6.45, 7) is 2.08. The van der Waals surface area contributed by atoms with Crippen molar-refractivity contribution >= 4 is 34.0 Å². The van der Waals surface area contributed by atoms with Gasteiger partial charge in [-0.25, -0.2) is 9.37 Å². The average Bonchev–Trinajstić information content (AvgIpc) is 3.23. The minimum absolute atomic E-state index is 0.173. The number of piperazine rings is 1. The topological polar surface area (TPSA) is 65.5 Å². The summed E-state index contributed by atoms with van der Waals surface area (Å²) in [4.78, 5) is 32.9. The fourth-order valence-corrected chi connectivity index (χ4v) is 4.10. The number of thiazole rings is 1. The molecule has 8 heteroatoms. The fraction of sp³-hybridized carbons (Fsp3) is 0.227. The van der Waals surface area contributed by atoms with Crippen molar-refractivity contribution in [2.75, 3.05) is 36.4 Å². The largest absolute Gasteiger partial charge is 0.366 e. The van der Waals surface area contributed by atoms with Crippen LogP contribution in [0.1, 0.15) is 16.1 Å². The van der Waals surface area contributed by atoms with Gasteiger partial charge in [0.15, 0.2) is 5.13 Å². The van der Waals surface area contributed by atoms with Gasteiger partial charge in [-0.2, -0.15) is 0 Å². The lowest BCUT2D eigenvalue weighted by molar-refractivity contribution is -0.115. The SMILES string of the molecule is O=C(Cc1ccccc1)Nc1nc(C(=O)N2CCN(c3ccccc3F)CC2)cs1. The van der Waals surface area contributed by atoms with Gasteiger partial charge in [0.2, 0.25) is 5.91 Å². The van der Waals surface area contributed by atoms with Crippen LogP contribution < -0.4 is 10.2 Å². The molecule has 30 heavy (non-hydrogen) atoms. The predicted octanol–water partition coefficient (Wildman–Crippen LogP) is 3.43. The van der Waals surface area contributed by atoms with Crippen molar-refractivity contribution in [1.29, 1.82) is 0 Å². The van der Waals surface area contributed by atoms with Crippen LogP contribution in [-0.4, -0.2) is 47.9 Å². The van der Waals surface area contributed by atoms with Crippen molar-refractivity contribution in [2.45, 2.75) is 6.42 Å². The lowest BCUT2D eigenvalue weighted by Crippen LogP contribution is -2.49. The third-order valence-electron chi connectivity index (χ3n) is 4.94. The summed E-state index contributed by atoms with van der Waals surface area (Å²) in [6.07, 6.45) is 0.252. The van der Waals surface area contributed by atoms with E-state index < -0.39 is 0 Å². The standard InChI is InChI=1S/C22H21FN4O2S/c23-17-8-4-5-9-19(17)26-10-12-27(13-11-26)21(29)18-15-30-22(24-18)25-20(28)14-16-6-2-1-3-7-16/h1-9,15H,10-14H2,(H,24,25,28). The average molecular weight is 425 g/mol. The molecule has 1 aliphatic rings. The van der Waals surface area contributed by atoms with Crippen LogP contribution >= 0.6 is 11.3 Å². The van der Waals surface area contributed by atoms with Crippen molar-refractivity contribution in [3.8, 4) is 0 Å².